The predicted molar refractivity (Wildman–Crippen MR) is 254 cm³/mol. The van der Waals surface area contributed by atoms with E-state index in [0.717, 1.165) is 70.6 Å². The standard InChI is InChI=1S/C53H95NO7/c1-6-8-10-12-14-16-18-20-22-24-25-26-27-28-30-32-34-36-38-40-42-44-52(56)61-49(47-59-46-45-50(53(57)58)54(3,4)5)48-60-51(55)43-41-39-37-35-33-31-29-23-21-19-17-15-13-11-9-7-2/h9,11,15,17,21,23,26-27,49-50H,6-8,10,12-14,16,18-20,22,24-25,28-48H2,1-5H3/b11-9+,17-15+,23-21+,27-26+. The van der Waals surface area contributed by atoms with E-state index < -0.39 is 18.1 Å². The van der Waals surface area contributed by atoms with E-state index >= 15 is 0 Å². The fourth-order valence-electron chi connectivity index (χ4n) is 7.32. The third kappa shape index (κ3) is 42.4. The Bertz CT molecular complexity index is 1140. The molecule has 0 heterocycles. The van der Waals surface area contributed by atoms with Gasteiger partial charge in [0.15, 0.2) is 6.10 Å². The van der Waals surface area contributed by atoms with Crippen LogP contribution in [0.4, 0.5) is 0 Å². The van der Waals surface area contributed by atoms with Gasteiger partial charge in [0.1, 0.15) is 12.6 Å². The van der Waals surface area contributed by atoms with Gasteiger partial charge in [0.2, 0.25) is 0 Å². The third-order valence-corrected chi connectivity index (χ3v) is 11.2. The number of hydrogen-bond donors (Lipinski definition) is 0. The summed E-state index contributed by atoms with van der Waals surface area (Å²) in [6, 6.07) is -0.729. The summed E-state index contributed by atoms with van der Waals surface area (Å²) in [6.07, 6.45) is 52.8. The van der Waals surface area contributed by atoms with Crippen molar-refractivity contribution >= 4 is 17.9 Å². The molecular formula is C53H95NO7. The largest absolute Gasteiger partial charge is 0.544 e. The number of carbonyl (C=O) groups excluding carboxylic acids is 3. The van der Waals surface area contributed by atoms with Crippen LogP contribution in [0.2, 0.25) is 0 Å². The summed E-state index contributed by atoms with van der Waals surface area (Å²) in [5.41, 5.74) is 0. The van der Waals surface area contributed by atoms with Gasteiger partial charge in [-0.2, -0.15) is 0 Å². The fourth-order valence-corrected chi connectivity index (χ4v) is 7.32. The van der Waals surface area contributed by atoms with Crippen LogP contribution in [0, 0.1) is 0 Å². The molecule has 0 radical (unpaired) electrons. The molecule has 0 aliphatic heterocycles. The van der Waals surface area contributed by atoms with Crippen molar-refractivity contribution in [3.8, 4) is 0 Å². The smallest absolute Gasteiger partial charge is 0.306 e. The van der Waals surface area contributed by atoms with Crippen molar-refractivity contribution < 1.29 is 38.2 Å². The number of hydrogen-bond acceptors (Lipinski definition) is 7. The number of aliphatic carboxylic acids is 1. The molecule has 0 aromatic carbocycles. The lowest BCUT2D eigenvalue weighted by molar-refractivity contribution is -0.889. The topological polar surface area (TPSA) is 102 Å². The number of unbranched alkanes of at least 4 members (excludes halogenated alkanes) is 23. The van der Waals surface area contributed by atoms with E-state index in [-0.39, 0.29) is 42.7 Å². The zero-order valence-electron chi connectivity index (χ0n) is 40.3. The van der Waals surface area contributed by atoms with E-state index in [1.807, 2.05) is 0 Å². The summed E-state index contributed by atoms with van der Waals surface area (Å²) in [5, 5.41) is 11.7. The highest BCUT2D eigenvalue weighted by Gasteiger charge is 2.25. The number of allylic oxidation sites excluding steroid dienone is 8. The molecule has 0 amide bonds. The first-order valence-corrected chi connectivity index (χ1v) is 25.2. The van der Waals surface area contributed by atoms with Crippen molar-refractivity contribution in [1.29, 1.82) is 0 Å². The number of likely N-dealkylation sites (N-methyl/N-ethyl adjacent to an activating group) is 1. The first kappa shape index (κ1) is 58.3. The monoisotopic (exact) mass is 858 g/mol. The molecule has 0 saturated carbocycles. The van der Waals surface area contributed by atoms with Gasteiger partial charge in [0.05, 0.1) is 40.3 Å². The van der Waals surface area contributed by atoms with Gasteiger partial charge >= 0.3 is 11.9 Å². The first-order chi connectivity index (χ1) is 29.6. The van der Waals surface area contributed by atoms with Gasteiger partial charge < -0.3 is 28.6 Å². The molecule has 0 N–H and O–H groups in total. The summed E-state index contributed by atoms with van der Waals surface area (Å²) in [4.78, 5) is 37.0. The molecule has 8 heteroatoms. The quantitative estimate of drug-likeness (QED) is 0.0260. The number of carbonyl (C=O) groups is 3. The molecule has 2 unspecified atom stereocenters. The van der Waals surface area contributed by atoms with Crippen LogP contribution in [-0.4, -0.2) is 75.5 Å². The van der Waals surface area contributed by atoms with Crippen molar-refractivity contribution in [2.45, 2.75) is 231 Å². The molecular weight excluding hydrogens is 763 g/mol. The SMILES string of the molecule is CC/C=C/C/C=C/C/C=C/CCCCCCCCC(=O)OCC(COCCC(C(=O)[O-])[N+](C)(C)C)OC(=O)CCCCCCCCC/C=C/CCCCCCCCCCCC. The van der Waals surface area contributed by atoms with Crippen molar-refractivity contribution in [1.82, 2.24) is 0 Å². The molecule has 0 fully saturated rings. The number of esters is 2. The minimum absolute atomic E-state index is 0.0347. The van der Waals surface area contributed by atoms with Gasteiger partial charge in [-0.3, -0.25) is 9.59 Å². The molecule has 354 valence electrons. The second-order valence-electron chi connectivity index (χ2n) is 18.0. The summed E-state index contributed by atoms with van der Waals surface area (Å²) >= 11 is 0. The van der Waals surface area contributed by atoms with Gasteiger partial charge in [0, 0.05) is 19.3 Å². The molecule has 0 aromatic heterocycles. The summed E-state index contributed by atoms with van der Waals surface area (Å²) in [7, 11) is 5.41. The van der Waals surface area contributed by atoms with Gasteiger partial charge in [0.25, 0.3) is 0 Å². The second kappa shape index (κ2) is 43.9. The number of nitrogens with zero attached hydrogens (tertiary/aromatic N) is 1. The van der Waals surface area contributed by atoms with Crippen LogP contribution in [0.1, 0.15) is 219 Å². The van der Waals surface area contributed by atoms with Crippen LogP contribution in [0.5, 0.6) is 0 Å². The first-order valence-electron chi connectivity index (χ1n) is 25.2. The van der Waals surface area contributed by atoms with Gasteiger partial charge in [-0.05, 0) is 70.6 Å². The van der Waals surface area contributed by atoms with Crippen molar-refractivity contribution in [3.05, 3.63) is 48.6 Å². The van der Waals surface area contributed by atoms with E-state index in [2.05, 4.69) is 62.5 Å². The van der Waals surface area contributed by atoms with E-state index in [0.29, 0.717) is 12.8 Å². The molecule has 2 atom stereocenters. The van der Waals surface area contributed by atoms with Crippen molar-refractivity contribution in [2.24, 2.45) is 0 Å². The molecule has 0 bridgehead atoms. The Kier molecular flexibility index (Phi) is 42.0. The Hall–Kier alpha value is -2.71. The van der Waals surface area contributed by atoms with Gasteiger partial charge in [-0.25, -0.2) is 0 Å². The summed E-state index contributed by atoms with van der Waals surface area (Å²) in [6.45, 7) is 4.55. The second-order valence-corrected chi connectivity index (χ2v) is 18.0. The van der Waals surface area contributed by atoms with Crippen LogP contribution in [0.25, 0.3) is 0 Å². The maximum Gasteiger partial charge on any atom is 0.306 e. The molecule has 0 aliphatic rings. The minimum Gasteiger partial charge on any atom is -0.544 e. The zero-order chi connectivity index (χ0) is 44.9. The van der Waals surface area contributed by atoms with Gasteiger partial charge in [-0.15, -0.1) is 0 Å². The highest BCUT2D eigenvalue weighted by molar-refractivity contribution is 5.70. The number of carboxylic acid groups (broad SMARTS) is 1. The number of quaternary nitrogens is 1. The number of carboxylic acids is 1. The molecule has 61 heavy (non-hydrogen) atoms. The van der Waals surface area contributed by atoms with Crippen LogP contribution in [-0.2, 0) is 28.6 Å². The Balaban J connectivity index is 4.26. The summed E-state index contributed by atoms with van der Waals surface area (Å²) < 4.78 is 17.2. The average Bonchev–Trinajstić information content (AvgIpc) is 3.22. The third-order valence-electron chi connectivity index (χ3n) is 11.2. The lowest BCUT2D eigenvalue weighted by Gasteiger charge is -2.34. The van der Waals surface area contributed by atoms with E-state index in [4.69, 9.17) is 14.2 Å². The average molecular weight is 858 g/mol. The Labute approximate surface area is 376 Å². The highest BCUT2D eigenvalue weighted by atomic mass is 16.6. The summed E-state index contributed by atoms with van der Waals surface area (Å²) in [5.74, 6) is -1.75. The zero-order valence-corrected chi connectivity index (χ0v) is 40.3. The molecule has 0 spiro atoms. The molecule has 0 saturated heterocycles. The van der Waals surface area contributed by atoms with Crippen LogP contribution >= 0.6 is 0 Å². The maximum atomic E-state index is 12.8. The maximum absolute atomic E-state index is 12.8. The normalized spacial score (nSPS) is 13.3. The predicted octanol–water partition coefficient (Wildman–Crippen LogP) is 13.0. The molecule has 0 aliphatic carbocycles. The molecule has 8 nitrogen and oxygen atoms in total. The number of rotatable bonds is 45. The molecule has 0 aromatic rings. The van der Waals surface area contributed by atoms with Gasteiger partial charge in [-0.1, -0.05) is 178 Å². The molecule has 0 rings (SSSR count). The lowest BCUT2D eigenvalue weighted by Crippen LogP contribution is -2.55. The Morgan fingerprint density at radius 3 is 1.38 bits per heavy atom. The van der Waals surface area contributed by atoms with Crippen LogP contribution in [0.3, 0.4) is 0 Å². The van der Waals surface area contributed by atoms with E-state index in [1.54, 1.807) is 21.1 Å². The van der Waals surface area contributed by atoms with Crippen LogP contribution < -0.4 is 5.11 Å². The lowest BCUT2D eigenvalue weighted by atomic mass is 10.1. The Morgan fingerprint density at radius 1 is 0.508 bits per heavy atom. The van der Waals surface area contributed by atoms with E-state index in [9.17, 15) is 19.5 Å². The van der Waals surface area contributed by atoms with E-state index in [1.165, 1.54) is 116 Å². The Morgan fingerprint density at radius 2 is 0.918 bits per heavy atom. The van der Waals surface area contributed by atoms with Crippen molar-refractivity contribution in [3.63, 3.8) is 0 Å². The van der Waals surface area contributed by atoms with Crippen LogP contribution in [0.15, 0.2) is 48.6 Å². The fraction of sp³-hybridized carbons (Fsp3) is 0.792. The van der Waals surface area contributed by atoms with Crippen molar-refractivity contribution in [2.75, 3.05) is 41.0 Å². The highest BCUT2D eigenvalue weighted by Crippen LogP contribution is 2.15. The minimum atomic E-state index is -1.13. The number of ether oxygens (including phenoxy) is 3.